The molecule has 0 atom stereocenters. The van der Waals surface area contributed by atoms with Gasteiger partial charge < -0.3 is 14.4 Å². The van der Waals surface area contributed by atoms with E-state index in [1.54, 1.807) is 20.4 Å². The Morgan fingerprint density at radius 3 is 2.48 bits per heavy atom. The molecule has 0 unspecified atom stereocenters. The quantitative estimate of drug-likeness (QED) is 0.866. The molecule has 0 bridgehead atoms. The van der Waals surface area contributed by atoms with E-state index in [9.17, 15) is 8.42 Å². The molecule has 0 amide bonds. The van der Waals surface area contributed by atoms with E-state index < -0.39 is 10.2 Å². The zero-order chi connectivity index (χ0) is 18.0. The van der Waals surface area contributed by atoms with Crippen LogP contribution in [-0.2, 0) is 10.2 Å². The third-order valence-corrected chi connectivity index (χ3v) is 5.46. The Morgan fingerprint density at radius 1 is 1.08 bits per heavy atom. The van der Waals surface area contributed by atoms with Gasteiger partial charge in [0.2, 0.25) is 0 Å². The van der Waals surface area contributed by atoms with E-state index in [0.29, 0.717) is 37.6 Å². The van der Waals surface area contributed by atoms with Gasteiger partial charge in [0, 0.05) is 49.5 Å². The van der Waals surface area contributed by atoms with Crippen molar-refractivity contribution in [2.24, 2.45) is 5.14 Å². The Labute approximate surface area is 147 Å². The summed E-state index contributed by atoms with van der Waals surface area (Å²) in [7, 11) is -0.479. The molecule has 2 heterocycles. The van der Waals surface area contributed by atoms with Crippen LogP contribution >= 0.6 is 0 Å². The summed E-state index contributed by atoms with van der Waals surface area (Å²) in [5, 5.41) is 6.20. The maximum atomic E-state index is 11.6. The maximum absolute atomic E-state index is 11.6. The Morgan fingerprint density at radius 2 is 1.80 bits per heavy atom. The lowest BCUT2D eigenvalue weighted by atomic mass is 10.1. The first kappa shape index (κ1) is 17.7. The van der Waals surface area contributed by atoms with Crippen molar-refractivity contribution >= 4 is 26.8 Å². The number of hydrogen-bond acceptors (Lipinski definition) is 6. The van der Waals surface area contributed by atoms with Gasteiger partial charge in [0.15, 0.2) is 11.5 Å². The molecule has 8 nitrogen and oxygen atoms in total. The standard InChI is InChI=1S/C16H22N4O4S/c1-23-15-10-12-13(11-16(15)24-2)18-5-4-14(12)19-6-3-7-20(9-8-19)25(17,21)22/h4-5,10-11H,3,6-9H2,1-2H3,(H2,17,21,22). The molecule has 9 heteroatoms. The number of fused-ring (bicyclic) bond motifs is 1. The molecular formula is C16H22N4O4S. The number of anilines is 1. The van der Waals surface area contributed by atoms with Crippen LogP contribution in [-0.4, -0.2) is 58.1 Å². The Bertz CT molecular complexity index is 872. The fourth-order valence-electron chi connectivity index (χ4n) is 3.12. The van der Waals surface area contributed by atoms with Gasteiger partial charge in [-0.2, -0.15) is 12.7 Å². The Balaban J connectivity index is 1.98. The number of ether oxygens (including phenoxy) is 2. The van der Waals surface area contributed by atoms with Gasteiger partial charge in [-0.3, -0.25) is 4.98 Å². The number of nitrogens with two attached hydrogens (primary N) is 1. The molecule has 0 saturated carbocycles. The van der Waals surface area contributed by atoms with E-state index >= 15 is 0 Å². The van der Waals surface area contributed by atoms with Gasteiger partial charge in [-0.25, -0.2) is 5.14 Å². The predicted octanol–water partition coefficient (Wildman–Crippen LogP) is 0.968. The summed E-state index contributed by atoms with van der Waals surface area (Å²) in [5.74, 6) is 1.25. The lowest BCUT2D eigenvalue weighted by Crippen LogP contribution is -2.39. The minimum Gasteiger partial charge on any atom is -0.493 e. The highest BCUT2D eigenvalue weighted by Crippen LogP contribution is 2.35. The van der Waals surface area contributed by atoms with Crippen molar-refractivity contribution in [2.75, 3.05) is 45.3 Å². The summed E-state index contributed by atoms with van der Waals surface area (Å²) in [6, 6.07) is 5.67. The molecule has 136 valence electrons. The molecule has 1 saturated heterocycles. The smallest absolute Gasteiger partial charge is 0.276 e. The van der Waals surface area contributed by atoms with Crippen molar-refractivity contribution in [3.8, 4) is 11.5 Å². The van der Waals surface area contributed by atoms with Crippen molar-refractivity contribution in [1.29, 1.82) is 0 Å². The van der Waals surface area contributed by atoms with Gasteiger partial charge in [0.05, 0.1) is 19.7 Å². The molecule has 3 rings (SSSR count). The molecule has 1 aliphatic heterocycles. The molecular weight excluding hydrogens is 344 g/mol. The predicted molar refractivity (Wildman–Crippen MR) is 96.4 cm³/mol. The molecule has 0 aliphatic carbocycles. The number of nitrogens with zero attached hydrogens (tertiary/aromatic N) is 3. The Hall–Kier alpha value is -2.10. The summed E-state index contributed by atoms with van der Waals surface area (Å²) >= 11 is 0. The van der Waals surface area contributed by atoms with Gasteiger partial charge in [0.25, 0.3) is 10.2 Å². The van der Waals surface area contributed by atoms with Crippen molar-refractivity contribution < 1.29 is 17.9 Å². The van der Waals surface area contributed by atoms with Gasteiger partial charge >= 0.3 is 0 Å². The van der Waals surface area contributed by atoms with Crippen molar-refractivity contribution in [3.63, 3.8) is 0 Å². The number of hydrogen-bond donors (Lipinski definition) is 1. The number of pyridine rings is 1. The monoisotopic (exact) mass is 366 g/mol. The second kappa shape index (κ2) is 7.03. The van der Waals surface area contributed by atoms with Gasteiger partial charge in [-0.15, -0.1) is 0 Å². The molecule has 0 radical (unpaired) electrons. The van der Waals surface area contributed by atoms with Crippen LogP contribution in [0.25, 0.3) is 10.9 Å². The molecule has 1 fully saturated rings. The first-order chi connectivity index (χ1) is 11.9. The van der Waals surface area contributed by atoms with Crippen LogP contribution in [0.15, 0.2) is 24.4 Å². The van der Waals surface area contributed by atoms with E-state index in [2.05, 4.69) is 9.88 Å². The highest BCUT2D eigenvalue weighted by molar-refractivity contribution is 7.86. The summed E-state index contributed by atoms with van der Waals surface area (Å²) in [6.07, 6.45) is 2.44. The highest BCUT2D eigenvalue weighted by Gasteiger charge is 2.23. The molecule has 1 aliphatic rings. The normalized spacial score (nSPS) is 16.7. The van der Waals surface area contributed by atoms with Crippen LogP contribution in [0.1, 0.15) is 6.42 Å². The van der Waals surface area contributed by atoms with Crippen LogP contribution in [0.5, 0.6) is 11.5 Å². The summed E-state index contributed by atoms with van der Waals surface area (Å²) in [4.78, 5) is 6.56. The van der Waals surface area contributed by atoms with Crippen LogP contribution in [0.3, 0.4) is 0 Å². The first-order valence-electron chi connectivity index (χ1n) is 7.97. The number of aromatic nitrogens is 1. The topological polar surface area (TPSA) is 98.0 Å². The van der Waals surface area contributed by atoms with Crippen molar-refractivity contribution in [1.82, 2.24) is 9.29 Å². The van der Waals surface area contributed by atoms with E-state index in [0.717, 1.165) is 23.1 Å². The van der Waals surface area contributed by atoms with Gasteiger partial charge in [-0.1, -0.05) is 0 Å². The maximum Gasteiger partial charge on any atom is 0.276 e. The van der Waals surface area contributed by atoms with E-state index in [1.807, 2.05) is 18.2 Å². The fraction of sp³-hybridized carbons (Fsp3) is 0.438. The lowest BCUT2D eigenvalue weighted by Gasteiger charge is -2.24. The molecule has 2 aromatic rings. The zero-order valence-corrected chi connectivity index (χ0v) is 15.1. The largest absolute Gasteiger partial charge is 0.493 e. The summed E-state index contributed by atoms with van der Waals surface area (Å²) < 4.78 is 35.2. The Kier molecular flexibility index (Phi) is 4.98. The highest BCUT2D eigenvalue weighted by atomic mass is 32.2. The average molecular weight is 366 g/mol. The average Bonchev–Trinajstić information content (AvgIpc) is 2.85. The fourth-order valence-corrected chi connectivity index (χ4v) is 3.84. The minimum atomic E-state index is -3.66. The van der Waals surface area contributed by atoms with Crippen LogP contribution in [0.4, 0.5) is 5.69 Å². The van der Waals surface area contributed by atoms with Crippen LogP contribution in [0.2, 0.25) is 0 Å². The second-order valence-corrected chi connectivity index (χ2v) is 7.39. The molecule has 25 heavy (non-hydrogen) atoms. The van der Waals surface area contributed by atoms with Crippen molar-refractivity contribution in [2.45, 2.75) is 6.42 Å². The van der Waals surface area contributed by atoms with Gasteiger partial charge in [-0.05, 0) is 18.6 Å². The van der Waals surface area contributed by atoms with Gasteiger partial charge in [0.1, 0.15) is 0 Å². The first-order valence-corrected chi connectivity index (χ1v) is 9.48. The molecule has 0 spiro atoms. The molecule has 1 aromatic carbocycles. The number of benzene rings is 1. The number of rotatable bonds is 4. The molecule has 2 N–H and O–H groups in total. The third-order valence-electron chi connectivity index (χ3n) is 4.38. The van der Waals surface area contributed by atoms with Crippen LogP contribution in [0, 0.1) is 0 Å². The van der Waals surface area contributed by atoms with Crippen molar-refractivity contribution in [3.05, 3.63) is 24.4 Å². The lowest BCUT2D eigenvalue weighted by molar-refractivity contribution is 0.356. The minimum absolute atomic E-state index is 0.357. The molecule has 1 aromatic heterocycles. The van der Waals surface area contributed by atoms with Crippen LogP contribution < -0.4 is 19.5 Å². The summed E-state index contributed by atoms with van der Waals surface area (Å²) in [5.41, 5.74) is 1.78. The van der Waals surface area contributed by atoms with E-state index in [1.165, 1.54) is 4.31 Å². The van der Waals surface area contributed by atoms with E-state index in [4.69, 9.17) is 14.6 Å². The second-order valence-electron chi connectivity index (χ2n) is 5.84. The SMILES string of the molecule is COc1cc2nccc(N3CCCN(S(N)(=O)=O)CC3)c2cc1OC. The third kappa shape index (κ3) is 3.63. The van der Waals surface area contributed by atoms with E-state index in [-0.39, 0.29) is 0 Å². The number of methoxy groups -OCH3 is 2. The zero-order valence-electron chi connectivity index (χ0n) is 14.3. The summed E-state index contributed by atoms with van der Waals surface area (Å²) in [6.45, 7) is 2.08.